The standard InChI is InChI=1S/C17H16N2O6/c1-24-16-6-4-11(7-13(16)17(21)25-2)9-18-14-5-3-12(10-20)8-15(14)19(22)23/h3-8,10,18H,9H2,1-2H3. The van der Waals surface area contributed by atoms with Crippen LogP contribution in [0.5, 0.6) is 5.75 Å². The summed E-state index contributed by atoms with van der Waals surface area (Å²) in [4.78, 5) is 33.1. The fourth-order valence-corrected chi connectivity index (χ4v) is 2.25. The van der Waals surface area contributed by atoms with Crippen molar-refractivity contribution < 1.29 is 24.0 Å². The second kappa shape index (κ2) is 7.91. The molecule has 0 bridgehead atoms. The SMILES string of the molecule is COC(=O)c1cc(CNc2ccc(C=O)cc2[N+](=O)[O-])ccc1OC. The van der Waals surface area contributed by atoms with Crippen LogP contribution >= 0.6 is 0 Å². The van der Waals surface area contributed by atoms with Crippen molar-refractivity contribution in [3.05, 3.63) is 63.2 Å². The summed E-state index contributed by atoms with van der Waals surface area (Å²) in [7, 11) is 2.71. The number of nitro benzene ring substituents is 1. The van der Waals surface area contributed by atoms with Crippen molar-refractivity contribution in [2.75, 3.05) is 19.5 Å². The van der Waals surface area contributed by atoms with Gasteiger partial charge in [0.05, 0.1) is 19.1 Å². The van der Waals surface area contributed by atoms with E-state index in [2.05, 4.69) is 5.32 Å². The molecule has 0 saturated carbocycles. The van der Waals surface area contributed by atoms with Crippen molar-refractivity contribution in [1.29, 1.82) is 0 Å². The van der Waals surface area contributed by atoms with Gasteiger partial charge in [0.15, 0.2) is 0 Å². The highest BCUT2D eigenvalue weighted by atomic mass is 16.6. The van der Waals surface area contributed by atoms with Gasteiger partial charge in [-0.25, -0.2) is 4.79 Å². The maximum atomic E-state index is 11.8. The Morgan fingerprint density at radius 1 is 1.24 bits per heavy atom. The number of nitro groups is 1. The molecular formula is C17H16N2O6. The number of carbonyl (C=O) groups is 2. The summed E-state index contributed by atoms with van der Waals surface area (Å²) >= 11 is 0. The van der Waals surface area contributed by atoms with Crippen LogP contribution < -0.4 is 10.1 Å². The number of methoxy groups -OCH3 is 2. The van der Waals surface area contributed by atoms with Crippen molar-refractivity contribution in [2.45, 2.75) is 6.54 Å². The van der Waals surface area contributed by atoms with E-state index < -0.39 is 10.9 Å². The number of benzene rings is 2. The molecule has 0 fully saturated rings. The van der Waals surface area contributed by atoms with Gasteiger partial charge in [-0.15, -0.1) is 0 Å². The Kier molecular flexibility index (Phi) is 5.67. The van der Waals surface area contributed by atoms with Crippen LogP contribution in [0, 0.1) is 10.1 Å². The smallest absolute Gasteiger partial charge is 0.341 e. The lowest BCUT2D eigenvalue weighted by Crippen LogP contribution is -2.07. The number of carbonyl (C=O) groups excluding carboxylic acids is 2. The largest absolute Gasteiger partial charge is 0.496 e. The average molecular weight is 344 g/mol. The van der Waals surface area contributed by atoms with Crippen molar-refractivity contribution in [3.63, 3.8) is 0 Å². The molecule has 0 aliphatic heterocycles. The first kappa shape index (κ1) is 17.9. The third-order valence-electron chi connectivity index (χ3n) is 3.51. The zero-order valence-electron chi connectivity index (χ0n) is 13.6. The van der Waals surface area contributed by atoms with Gasteiger partial charge in [0.2, 0.25) is 0 Å². The van der Waals surface area contributed by atoms with E-state index in [-0.39, 0.29) is 29.0 Å². The molecule has 0 radical (unpaired) electrons. The van der Waals surface area contributed by atoms with Gasteiger partial charge in [0.25, 0.3) is 5.69 Å². The number of esters is 1. The minimum Gasteiger partial charge on any atom is -0.496 e. The normalized spacial score (nSPS) is 10.0. The van der Waals surface area contributed by atoms with Crippen molar-refractivity contribution in [2.24, 2.45) is 0 Å². The first-order chi connectivity index (χ1) is 12.0. The molecule has 130 valence electrons. The summed E-state index contributed by atoms with van der Waals surface area (Å²) in [5, 5.41) is 14.1. The molecule has 0 heterocycles. The molecule has 2 aromatic carbocycles. The van der Waals surface area contributed by atoms with E-state index in [1.165, 1.54) is 32.4 Å². The third kappa shape index (κ3) is 4.11. The number of hydrogen-bond acceptors (Lipinski definition) is 7. The van der Waals surface area contributed by atoms with E-state index in [9.17, 15) is 19.7 Å². The number of nitrogens with one attached hydrogen (secondary N) is 1. The van der Waals surface area contributed by atoms with E-state index in [0.29, 0.717) is 17.6 Å². The molecule has 1 N–H and O–H groups in total. The highest BCUT2D eigenvalue weighted by Crippen LogP contribution is 2.26. The van der Waals surface area contributed by atoms with E-state index in [4.69, 9.17) is 9.47 Å². The third-order valence-corrected chi connectivity index (χ3v) is 3.51. The summed E-state index contributed by atoms with van der Waals surface area (Å²) < 4.78 is 9.83. The molecule has 8 heteroatoms. The Hall–Kier alpha value is -3.42. The molecule has 0 spiro atoms. The van der Waals surface area contributed by atoms with Gasteiger partial charge >= 0.3 is 5.97 Å². The molecule has 2 rings (SSSR count). The summed E-state index contributed by atoms with van der Waals surface area (Å²) in [5.74, 6) is -0.170. The summed E-state index contributed by atoms with van der Waals surface area (Å²) in [5.41, 5.74) is 1.25. The summed E-state index contributed by atoms with van der Waals surface area (Å²) in [6, 6.07) is 9.08. The van der Waals surface area contributed by atoms with Crippen molar-refractivity contribution in [1.82, 2.24) is 0 Å². The van der Waals surface area contributed by atoms with Gasteiger partial charge in [-0.05, 0) is 29.8 Å². The monoisotopic (exact) mass is 344 g/mol. The second-order valence-corrected chi connectivity index (χ2v) is 5.03. The fourth-order valence-electron chi connectivity index (χ4n) is 2.25. The van der Waals surface area contributed by atoms with Crippen LogP contribution in [0.2, 0.25) is 0 Å². The number of hydrogen-bond donors (Lipinski definition) is 1. The molecule has 25 heavy (non-hydrogen) atoms. The predicted octanol–water partition coefficient (Wildman–Crippen LogP) is 2.81. The Morgan fingerprint density at radius 2 is 2.00 bits per heavy atom. The first-order valence-electron chi connectivity index (χ1n) is 7.23. The quantitative estimate of drug-likeness (QED) is 0.356. The minimum atomic E-state index is -0.566. The molecule has 0 aromatic heterocycles. The molecule has 0 atom stereocenters. The molecule has 0 amide bonds. The lowest BCUT2D eigenvalue weighted by atomic mass is 10.1. The van der Waals surface area contributed by atoms with Gasteiger partial charge in [-0.1, -0.05) is 6.07 Å². The van der Waals surface area contributed by atoms with Crippen molar-refractivity contribution >= 4 is 23.6 Å². The van der Waals surface area contributed by atoms with E-state index in [1.54, 1.807) is 18.2 Å². The van der Waals surface area contributed by atoms with Crippen LogP contribution in [-0.2, 0) is 11.3 Å². The predicted molar refractivity (Wildman–Crippen MR) is 90.1 cm³/mol. The number of anilines is 1. The molecule has 0 aliphatic carbocycles. The van der Waals surface area contributed by atoms with Gasteiger partial charge in [0.1, 0.15) is 23.3 Å². The van der Waals surface area contributed by atoms with Crippen LogP contribution in [0.15, 0.2) is 36.4 Å². The highest BCUT2D eigenvalue weighted by molar-refractivity contribution is 5.92. The van der Waals surface area contributed by atoms with Crippen LogP contribution in [0.25, 0.3) is 0 Å². The van der Waals surface area contributed by atoms with Gasteiger partial charge in [0, 0.05) is 18.2 Å². The fraction of sp³-hybridized carbons (Fsp3) is 0.176. The molecule has 0 aliphatic rings. The van der Waals surface area contributed by atoms with Crippen LogP contribution in [0.3, 0.4) is 0 Å². The van der Waals surface area contributed by atoms with Crippen LogP contribution in [0.1, 0.15) is 26.3 Å². The lowest BCUT2D eigenvalue weighted by Gasteiger charge is -2.11. The molecule has 0 unspecified atom stereocenters. The summed E-state index contributed by atoms with van der Waals surface area (Å²) in [6.45, 7) is 0.231. The van der Waals surface area contributed by atoms with E-state index in [1.807, 2.05) is 0 Å². The molecular weight excluding hydrogens is 328 g/mol. The topological polar surface area (TPSA) is 108 Å². The molecule has 0 saturated heterocycles. The first-order valence-corrected chi connectivity index (χ1v) is 7.23. The number of ether oxygens (including phenoxy) is 2. The number of rotatable bonds is 7. The van der Waals surface area contributed by atoms with Crippen LogP contribution in [-0.4, -0.2) is 31.4 Å². The number of nitrogens with zero attached hydrogens (tertiary/aromatic N) is 1. The highest BCUT2D eigenvalue weighted by Gasteiger charge is 2.16. The van der Waals surface area contributed by atoms with E-state index >= 15 is 0 Å². The summed E-state index contributed by atoms with van der Waals surface area (Å²) in [6.07, 6.45) is 0.545. The average Bonchev–Trinajstić information content (AvgIpc) is 2.65. The van der Waals surface area contributed by atoms with E-state index in [0.717, 1.165) is 0 Å². The zero-order chi connectivity index (χ0) is 18.4. The maximum absolute atomic E-state index is 11.8. The Bertz CT molecular complexity index is 819. The molecule has 8 nitrogen and oxygen atoms in total. The number of aldehydes is 1. The minimum absolute atomic E-state index is 0.202. The van der Waals surface area contributed by atoms with Crippen molar-refractivity contribution in [3.8, 4) is 5.75 Å². The Morgan fingerprint density at radius 3 is 2.60 bits per heavy atom. The Balaban J connectivity index is 2.26. The molecule has 2 aromatic rings. The van der Waals surface area contributed by atoms with Gasteiger partial charge in [-0.2, -0.15) is 0 Å². The van der Waals surface area contributed by atoms with Gasteiger partial charge < -0.3 is 14.8 Å². The second-order valence-electron chi connectivity index (χ2n) is 5.03. The van der Waals surface area contributed by atoms with Crippen LogP contribution in [0.4, 0.5) is 11.4 Å². The zero-order valence-corrected chi connectivity index (χ0v) is 13.6. The maximum Gasteiger partial charge on any atom is 0.341 e. The Labute approximate surface area is 143 Å². The lowest BCUT2D eigenvalue weighted by molar-refractivity contribution is -0.384. The van der Waals surface area contributed by atoms with Gasteiger partial charge in [-0.3, -0.25) is 14.9 Å².